The molecule has 3 rings (SSSR count). The van der Waals surface area contributed by atoms with Crippen LogP contribution in [-0.2, 0) is 9.53 Å². The second kappa shape index (κ2) is 7.60. The highest BCUT2D eigenvalue weighted by Crippen LogP contribution is 2.38. The molecule has 1 heterocycles. The molecule has 1 aliphatic carbocycles. The lowest BCUT2D eigenvalue weighted by Gasteiger charge is -2.36. The van der Waals surface area contributed by atoms with Crippen LogP contribution in [0.5, 0.6) is 0 Å². The zero-order chi connectivity index (χ0) is 18.0. The first-order chi connectivity index (χ1) is 12.0. The molecular formula is C19H24N2O3S. The number of para-hydroxylation sites is 1. The van der Waals surface area contributed by atoms with Crippen molar-refractivity contribution in [1.29, 1.82) is 0 Å². The molecule has 1 aromatic heterocycles. The van der Waals surface area contributed by atoms with Gasteiger partial charge in [-0.15, -0.1) is 0 Å². The fourth-order valence-corrected chi connectivity index (χ4v) is 4.51. The van der Waals surface area contributed by atoms with E-state index in [4.69, 9.17) is 9.72 Å². The number of benzene rings is 1. The highest BCUT2D eigenvalue weighted by atomic mass is 32.2. The summed E-state index contributed by atoms with van der Waals surface area (Å²) in [6.45, 7) is 4.46. The Morgan fingerprint density at radius 3 is 2.84 bits per heavy atom. The minimum absolute atomic E-state index is 0.0103. The van der Waals surface area contributed by atoms with Crippen molar-refractivity contribution in [3.05, 3.63) is 34.6 Å². The van der Waals surface area contributed by atoms with E-state index in [9.17, 15) is 9.59 Å². The number of rotatable bonds is 4. The van der Waals surface area contributed by atoms with Gasteiger partial charge in [0.1, 0.15) is 0 Å². The Hall–Kier alpha value is -1.82. The first-order valence-electron chi connectivity index (χ1n) is 8.73. The second-order valence-electron chi connectivity index (χ2n) is 6.79. The predicted octanol–water partition coefficient (Wildman–Crippen LogP) is 3.66. The number of carbonyl (C=O) groups excluding carboxylic acids is 1. The average molecular weight is 360 g/mol. The van der Waals surface area contributed by atoms with Crippen LogP contribution in [0.3, 0.4) is 0 Å². The van der Waals surface area contributed by atoms with Crippen LogP contribution in [0.25, 0.3) is 10.9 Å². The second-order valence-corrected chi connectivity index (χ2v) is 7.73. The maximum Gasteiger partial charge on any atom is 0.316 e. The number of nitrogens with zero attached hydrogens (tertiary/aromatic N) is 2. The summed E-state index contributed by atoms with van der Waals surface area (Å²) in [5.41, 5.74) is 0.663. The van der Waals surface area contributed by atoms with Crippen molar-refractivity contribution >= 4 is 28.6 Å². The monoisotopic (exact) mass is 360 g/mol. The van der Waals surface area contributed by atoms with E-state index in [2.05, 4.69) is 13.8 Å². The Balaban J connectivity index is 2.11. The zero-order valence-corrected chi connectivity index (χ0v) is 15.7. The number of methoxy groups -OCH3 is 1. The fraction of sp³-hybridized carbons (Fsp3) is 0.526. The van der Waals surface area contributed by atoms with Gasteiger partial charge in [-0.2, -0.15) is 0 Å². The number of hydrogen-bond acceptors (Lipinski definition) is 5. The molecule has 1 fully saturated rings. The maximum atomic E-state index is 13.2. The van der Waals surface area contributed by atoms with Crippen LogP contribution in [0.4, 0.5) is 0 Å². The minimum atomic E-state index is -0.316. The Morgan fingerprint density at radius 2 is 2.08 bits per heavy atom. The van der Waals surface area contributed by atoms with Crippen LogP contribution in [0.2, 0.25) is 0 Å². The molecule has 134 valence electrons. The van der Waals surface area contributed by atoms with Gasteiger partial charge in [0.05, 0.1) is 23.8 Å². The van der Waals surface area contributed by atoms with Crippen molar-refractivity contribution in [3.8, 4) is 0 Å². The Bertz CT molecular complexity index is 833. The third-order valence-electron chi connectivity index (χ3n) is 5.32. The van der Waals surface area contributed by atoms with Gasteiger partial charge < -0.3 is 4.74 Å². The third kappa shape index (κ3) is 3.59. The first kappa shape index (κ1) is 18.0. The van der Waals surface area contributed by atoms with Gasteiger partial charge in [-0.25, -0.2) is 4.98 Å². The van der Waals surface area contributed by atoms with E-state index < -0.39 is 0 Å². The molecule has 1 aromatic carbocycles. The molecule has 3 atom stereocenters. The van der Waals surface area contributed by atoms with Crippen molar-refractivity contribution in [2.75, 3.05) is 12.9 Å². The lowest BCUT2D eigenvalue weighted by Crippen LogP contribution is -2.35. The largest absolute Gasteiger partial charge is 0.468 e. The number of hydrogen-bond donors (Lipinski definition) is 0. The molecule has 6 heteroatoms. The zero-order valence-electron chi connectivity index (χ0n) is 14.9. The SMILES string of the molecule is COC(=O)CSc1nc2ccccc2c(=O)n1C1CCCC(C)C1C. The van der Waals surface area contributed by atoms with Crippen molar-refractivity contribution in [1.82, 2.24) is 9.55 Å². The summed E-state index contributed by atoms with van der Waals surface area (Å²) in [7, 11) is 1.37. The van der Waals surface area contributed by atoms with Crippen molar-refractivity contribution < 1.29 is 9.53 Å². The van der Waals surface area contributed by atoms with Gasteiger partial charge in [0.25, 0.3) is 5.56 Å². The summed E-state index contributed by atoms with van der Waals surface area (Å²) >= 11 is 1.28. The van der Waals surface area contributed by atoms with Crippen LogP contribution >= 0.6 is 11.8 Å². The number of ether oxygens (including phenoxy) is 1. The number of thioether (sulfide) groups is 1. The molecule has 0 saturated heterocycles. The summed E-state index contributed by atoms with van der Waals surface area (Å²) in [5, 5.41) is 1.25. The molecule has 0 aliphatic heterocycles. The van der Waals surface area contributed by atoms with Gasteiger partial charge in [-0.05, 0) is 30.4 Å². The Labute approximate surface area is 151 Å². The average Bonchev–Trinajstić information content (AvgIpc) is 2.62. The highest BCUT2D eigenvalue weighted by molar-refractivity contribution is 7.99. The van der Waals surface area contributed by atoms with Crippen LogP contribution in [0.1, 0.15) is 39.2 Å². The van der Waals surface area contributed by atoms with Crippen molar-refractivity contribution in [2.45, 2.75) is 44.3 Å². The number of carbonyl (C=O) groups is 1. The lowest BCUT2D eigenvalue weighted by molar-refractivity contribution is -0.137. The summed E-state index contributed by atoms with van der Waals surface area (Å²) in [6.07, 6.45) is 3.27. The Kier molecular flexibility index (Phi) is 5.47. The van der Waals surface area contributed by atoms with E-state index in [0.717, 1.165) is 12.8 Å². The van der Waals surface area contributed by atoms with Crippen molar-refractivity contribution in [3.63, 3.8) is 0 Å². The molecule has 2 aromatic rings. The van der Waals surface area contributed by atoms with Gasteiger partial charge in [0.15, 0.2) is 5.16 Å². The van der Waals surface area contributed by atoms with E-state index in [-0.39, 0.29) is 23.3 Å². The van der Waals surface area contributed by atoms with Crippen molar-refractivity contribution in [2.24, 2.45) is 11.8 Å². The van der Waals surface area contributed by atoms with E-state index in [1.54, 1.807) is 0 Å². The molecule has 1 aliphatic rings. The van der Waals surface area contributed by atoms with Crippen LogP contribution in [0.15, 0.2) is 34.2 Å². The lowest BCUT2D eigenvalue weighted by atomic mass is 9.78. The summed E-state index contributed by atoms with van der Waals surface area (Å²) in [6, 6.07) is 7.53. The number of aromatic nitrogens is 2. The minimum Gasteiger partial charge on any atom is -0.468 e. The summed E-state index contributed by atoms with van der Waals surface area (Å²) in [4.78, 5) is 29.5. The van der Waals surface area contributed by atoms with Crippen LogP contribution in [0, 0.1) is 11.8 Å². The molecule has 0 radical (unpaired) electrons. The van der Waals surface area contributed by atoms with Gasteiger partial charge in [0.2, 0.25) is 0 Å². The smallest absolute Gasteiger partial charge is 0.316 e. The number of esters is 1. The molecule has 0 N–H and O–H groups in total. The van der Waals surface area contributed by atoms with E-state index >= 15 is 0 Å². The summed E-state index contributed by atoms with van der Waals surface area (Å²) in [5.74, 6) is 0.796. The van der Waals surface area contributed by atoms with Gasteiger partial charge in [-0.1, -0.05) is 50.6 Å². The first-order valence-corrected chi connectivity index (χ1v) is 9.72. The molecule has 1 saturated carbocycles. The summed E-state index contributed by atoms with van der Waals surface area (Å²) < 4.78 is 6.57. The third-order valence-corrected chi connectivity index (χ3v) is 6.24. The van der Waals surface area contributed by atoms with E-state index in [1.165, 1.54) is 25.3 Å². The van der Waals surface area contributed by atoms with Crippen LogP contribution < -0.4 is 5.56 Å². The molecule has 0 amide bonds. The standard InChI is InChI=1S/C19H24N2O3S/c1-12-7-6-10-16(13(12)2)21-18(23)14-8-4-5-9-15(14)20-19(21)25-11-17(22)24-3/h4-5,8-9,12-13,16H,6-7,10-11H2,1-3H3. The van der Waals surface area contributed by atoms with Gasteiger partial charge in [-0.3, -0.25) is 14.2 Å². The molecule has 0 spiro atoms. The van der Waals surface area contributed by atoms with E-state index in [1.807, 2.05) is 28.8 Å². The quantitative estimate of drug-likeness (QED) is 0.473. The topological polar surface area (TPSA) is 61.2 Å². The Morgan fingerprint density at radius 1 is 1.32 bits per heavy atom. The molecule has 25 heavy (non-hydrogen) atoms. The van der Waals surface area contributed by atoms with Crippen LogP contribution in [-0.4, -0.2) is 28.4 Å². The van der Waals surface area contributed by atoms with E-state index in [0.29, 0.717) is 27.9 Å². The molecule has 3 unspecified atom stereocenters. The molecule has 0 bridgehead atoms. The van der Waals surface area contributed by atoms with Gasteiger partial charge in [0, 0.05) is 6.04 Å². The maximum absolute atomic E-state index is 13.2. The fourth-order valence-electron chi connectivity index (χ4n) is 3.62. The molecule has 5 nitrogen and oxygen atoms in total. The normalized spacial score (nSPS) is 23.6. The molecular weight excluding hydrogens is 336 g/mol. The highest BCUT2D eigenvalue weighted by Gasteiger charge is 2.31. The number of fused-ring (bicyclic) bond motifs is 1. The predicted molar refractivity (Wildman–Crippen MR) is 100.0 cm³/mol. The van der Waals surface area contributed by atoms with Gasteiger partial charge >= 0.3 is 5.97 Å².